The molecule has 0 amide bonds. The maximum absolute atomic E-state index is 11.2. The highest BCUT2D eigenvalue weighted by Gasteiger charge is 2.07. The number of nitrogens with zero attached hydrogens (tertiary/aromatic N) is 2. The summed E-state index contributed by atoms with van der Waals surface area (Å²) in [6.07, 6.45) is 3.45. The van der Waals surface area contributed by atoms with Crippen LogP contribution < -0.4 is 5.69 Å². The second-order valence-electron chi connectivity index (χ2n) is 4.32. The van der Waals surface area contributed by atoms with Gasteiger partial charge in [0, 0.05) is 18.0 Å². The number of hydrogen-bond donors (Lipinski definition) is 3. The Hall–Kier alpha value is -2.89. The van der Waals surface area contributed by atoms with E-state index in [1.807, 2.05) is 24.3 Å². The molecule has 4 rings (SSSR count). The number of H-pyrrole nitrogens is 3. The quantitative estimate of drug-likeness (QED) is 0.481. The smallest absolute Gasteiger partial charge is 0.323 e. The topological polar surface area (TPSA) is 90.2 Å². The fourth-order valence-electron chi connectivity index (χ4n) is 2.19. The number of aromatic amines is 3. The summed E-state index contributed by atoms with van der Waals surface area (Å²) in [5.41, 5.74) is 3.98. The van der Waals surface area contributed by atoms with Crippen LogP contribution in [0.5, 0.6) is 0 Å². The van der Waals surface area contributed by atoms with Crippen molar-refractivity contribution in [2.24, 2.45) is 0 Å². The minimum absolute atomic E-state index is 0.211. The molecule has 0 aliphatic heterocycles. The average molecular weight is 251 g/mol. The standard InChI is InChI=1S/C13H9N5O/c19-13-17-10-5-8-9(6-11(10)18-13)16-12(15-8)7-1-3-14-4-2-7/h1-6H,(H,15,16)(H2,17,18,19). The first-order valence-corrected chi connectivity index (χ1v) is 5.82. The van der Waals surface area contributed by atoms with Crippen LogP contribution in [0.4, 0.5) is 0 Å². The van der Waals surface area contributed by atoms with Crippen molar-refractivity contribution >= 4 is 22.1 Å². The molecule has 4 aromatic rings. The molecule has 0 bridgehead atoms. The van der Waals surface area contributed by atoms with E-state index < -0.39 is 0 Å². The van der Waals surface area contributed by atoms with Gasteiger partial charge in [-0.2, -0.15) is 0 Å². The zero-order valence-corrected chi connectivity index (χ0v) is 9.77. The predicted molar refractivity (Wildman–Crippen MR) is 71.8 cm³/mol. The molecule has 6 heteroatoms. The third kappa shape index (κ3) is 1.54. The van der Waals surface area contributed by atoms with Gasteiger partial charge in [-0.1, -0.05) is 0 Å². The summed E-state index contributed by atoms with van der Waals surface area (Å²) >= 11 is 0. The van der Waals surface area contributed by atoms with Crippen LogP contribution in [0.2, 0.25) is 0 Å². The summed E-state index contributed by atoms with van der Waals surface area (Å²) in [4.78, 5) is 28.4. The van der Waals surface area contributed by atoms with Crippen LogP contribution >= 0.6 is 0 Å². The Morgan fingerprint density at radius 2 is 1.63 bits per heavy atom. The monoisotopic (exact) mass is 251 g/mol. The Bertz CT molecular complexity index is 878. The number of imidazole rings is 2. The van der Waals surface area contributed by atoms with Crippen LogP contribution in [-0.4, -0.2) is 24.9 Å². The lowest BCUT2D eigenvalue weighted by Gasteiger charge is -1.92. The van der Waals surface area contributed by atoms with Crippen LogP contribution in [0.1, 0.15) is 0 Å². The molecule has 3 aromatic heterocycles. The van der Waals surface area contributed by atoms with Gasteiger partial charge >= 0.3 is 5.69 Å². The van der Waals surface area contributed by atoms with Crippen molar-refractivity contribution < 1.29 is 0 Å². The fourth-order valence-corrected chi connectivity index (χ4v) is 2.19. The maximum atomic E-state index is 11.2. The first-order valence-electron chi connectivity index (χ1n) is 5.82. The lowest BCUT2D eigenvalue weighted by Crippen LogP contribution is -1.99. The number of aromatic nitrogens is 5. The Labute approximate surface area is 106 Å². The molecule has 92 valence electrons. The molecule has 0 fully saturated rings. The molecule has 19 heavy (non-hydrogen) atoms. The van der Waals surface area contributed by atoms with Crippen LogP contribution in [0.3, 0.4) is 0 Å². The second kappa shape index (κ2) is 3.55. The summed E-state index contributed by atoms with van der Waals surface area (Å²) < 4.78 is 0. The predicted octanol–water partition coefficient (Wildman–Crippen LogP) is 1.79. The summed E-state index contributed by atoms with van der Waals surface area (Å²) in [5, 5.41) is 0. The number of rotatable bonds is 1. The third-order valence-corrected chi connectivity index (χ3v) is 3.07. The minimum Gasteiger partial charge on any atom is -0.338 e. The van der Waals surface area contributed by atoms with E-state index >= 15 is 0 Å². The fraction of sp³-hybridized carbons (Fsp3) is 0. The first kappa shape index (κ1) is 10.1. The van der Waals surface area contributed by atoms with E-state index in [9.17, 15) is 4.79 Å². The molecule has 0 saturated carbocycles. The molecule has 0 aliphatic rings. The maximum Gasteiger partial charge on any atom is 0.323 e. The van der Waals surface area contributed by atoms with Crippen LogP contribution in [-0.2, 0) is 0 Å². The van der Waals surface area contributed by atoms with Crippen molar-refractivity contribution in [2.45, 2.75) is 0 Å². The Kier molecular flexibility index (Phi) is 1.88. The molecular formula is C13H9N5O. The zero-order valence-electron chi connectivity index (χ0n) is 9.77. The van der Waals surface area contributed by atoms with Crippen molar-refractivity contribution in [3.63, 3.8) is 0 Å². The van der Waals surface area contributed by atoms with Crippen LogP contribution in [0.15, 0.2) is 41.5 Å². The number of nitrogens with one attached hydrogen (secondary N) is 3. The highest BCUT2D eigenvalue weighted by atomic mass is 16.1. The molecule has 0 radical (unpaired) electrons. The molecule has 1 aromatic carbocycles. The van der Waals surface area contributed by atoms with Crippen molar-refractivity contribution in [2.75, 3.05) is 0 Å². The van der Waals surface area contributed by atoms with E-state index in [0.717, 1.165) is 33.5 Å². The molecule has 0 aliphatic carbocycles. The second-order valence-corrected chi connectivity index (χ2v) is 4.32. The van der Waals surface area contributed by atoms with Gasteiger partial charge in [0.1, 0.15) is 5.82 Å². The van der Waals surface area contributed by atoms with Crippen molar-refractivity contribution in [3.8, 4) is 11.4 Å². The van der Waals surface area contributed by atoms with E-state index in [2.05, 4.69) is 24.9 Å². The van der Waals surface area contributed by atoms with Gasteiger partial charge in [-0.15, -0.1) is 0 Å². The summed E-state index contributed by atoms with van der Waals surface area (Å²) in [6.45, 7) is 0. The summed E-state index contributed by atoms with van der Waals surface area (Å²) in [6, 6.07) is 7.51. The summed E-state index contributed by atoms with van der Waals surface area (Å²) in [7, 11) is 0. The molecule has 3 heterocycles. The minimum atomic E-state index is -0.211. The van der Waals surface area contributed by atoms with E-state index in [1.54, 1.807) is 12.4 Å². The Morgan fingerprint density at radius 3 is 2.42 bits per heavy atom. The van der Waals surface area contributed by atoms with Crippen molar-refractivity contribution in [1.82, 2.24) is 24.9 Å². The van der Waals surface area contributed by atoms with Crippen molar-refractivity contribution in [1.29, 1.82) is 0 Å². The normalized spacial score (nSPS) is 11.4. The summed E-state index contributed by atoms with van der Waals surface area (Å²) in [5.74, 6) is 0.785. The van der Waals surface area contributed by atoms with E-state index in [-0.39, 0.29) is 5.69 Å². The van der Waals surface area contributed by atoms with Gasteiger partial charge in [-0.3, -0.25) is 4.98 Å². The van der Waals surface area contributed by atoms with Gasteiger partial charge in [0.15, 0.2) is 0 Å². The molecule has 0 atom stereocenters. The number of fused-ring (bicyclic) bond motifs is 2. The largest absolute Gasteiger partial charge is 0.338 e. The molecular weight excluding hydrogens is 242 g/mol. The third-order valence-electron chi connectivity index (χ3n) is 3.07. The van der Waals surface area contributed by atoms with Gasteiger partial charge in [-0.05, 0) is 24.3 Å². The van der Waals surface area contributed by atoms with Crippen molar-refractivity contribution in [3.05, 3.63) is 47.1 Å². The van der Waals surface area contributed by atoms with Gasteiger partial charge < -0.3 is 15.0 Å². The molecule has 0 saturated heterocycles. The Morgan fingerprint density at radius 1 is 0.895 bits per heavy atom. The average Bonchev–Trinajstić information content (AvgIpc) is 2.98. The highest BCUT2D eigenvalue weighted by Crippen LogP contribution is 2.22. The first-order chi connectivity index (χ1) is 9.29. The van der Waals surface area contributed by atoms with Gasteiger partial charge in [0.2, 0.25) is 0 Å². The van der Waals surface area contributed by atoms with E-state index in [1.165, 1.54) is 0 Å². The molecule has 0 unspecified atom stereocenters. The van der Waals surface area contributed by atoms with Gasteiger partial charge in [0.25, 0.3) is 0 Å². The number of hydrogen-bond acceptors (Lipinski definition) is 3. The van der Waals surface area contributed by atoms with E-state index in [4.69, 9.17) is 0 Å². The van der Waals surface area contributed by atoms with E-state index in [0.29, 0.717) is 0 Å². The van der Waals surface area contributed by atoms with Gasteiger partial charge in [0.05, 0.1) is 22.1 Å². The lowest BCUT2D eigenvalue weighted by atomic mass is 10.3. The zero-order chi connectivity index (χ0) is 12.8. The number of benzene rings is 1. The molecule has 0 spiro atoms. The molecule has 6 nitrogen and oxygen atoms in total. The van der Waals surface area contributed by atoms with Gasteiger partial charge in [-0.25, -0.2) is 9.78 Å². The highest BCUT2D eigenvalue weighted by molar-refractivity contribution is 5.92. The number of pyridine rings is 1. The van der Waals surface area contributed by atoms with Crippen LogP contribution in [0.25, 0.3) is 33.5 Å². The Balaban J connectivity index is 1.99. The molecule has 3 N–H and O–H groups in total. The SMILES string of the molecule is O=c1[nH]c2cc3nc(-c4ccncc4)[nH]c3cc2[nH]1. The lowest BCUT2D eigenvalue weighted by molar-refractivity contribution is 1.21. The van der Waals surface area contributed by atoms with Crippen LogP contribution in [0, 0.1) is 0 Å².